The van der Waals surface area contributed by atoms with E-state index in [0.717, 1.165) is 24.0 Å². The molecule has 1 aliphatic carbocycles. The molecule has 17 heavy (non-hydrogen) atoms. The van der Waals surface area contributed by atoms with Gasteiger partial charge < -0.3 is 13.8 Å². The maximum atomic E-state index is 11.1. The van der Waals surface area contributed by atoms with Crippen LogP contribution in [0, 0.1) is 13.8 Å². The van der Waals surface area contributed by atoms with Crippen LogP contribution in [0.25, 0.3) is 0 Å². The number of hydrogen-bond donors (Lipinski definition) is 1. The van der Waals surface area contributed by atoms with Gasteiger partial charge in [0.05, 0.1) is 4.90 Å². The number of aryl methyl sites for hydroxylation is 1. The second-order valence-corrected chi connectivity index (χ2v) is 5.20. The predicted molar refractivity (Wildman–Crippen MR) is 65.3 cm³/mol. The van der Waals surface area contributed by atoms with Crippen LogP contribution in [-0.2, 0) is 35.0 Å². The quantitative estimate of drug-likeness (QED) is 0.805. The van der Waals surface area contributed by atoms with Gasteiger partial charge in [-0.1, -0.05) is 18.1 Å². The van der Waals surface area contributed by atoms with Crippen LogP contribution in [-0.4, -0.2) is 8.42 Å². The molecule has 0 spiro atoms. The Morgan fingerprint density at radius 1 is 1.35 bits per heavy atom. The number of primary sulfonamides is 1. The van der Waals surface area contributed by atoms with Gasteiger partial charge in [-0.05, 0) is 24.1 Å². The van der Waals surface area contributed by atoms with Crippen molar-refractivity contribution in [3.63, 3.8) is 0 Å². The van der Waals surface area contributed by atoms with Gasteiger partial charge in [-0.15, -0.1) is 5.92 Å². The van der Waals surface area contributed by atoms with E-state index < -0.39 is 10.0 Å². The Labute approximate surface area is 116 Å². The smallest absolute Gasteiger partial charge is 0.346 e. The van der Waals surface area contributed by atoms with Gasteiger partial charge in [0.15, 0.2) is 0 Å². The molecule has 0 heterocycles. The first-order valence-corrected chi connectivity index (χ1v) is 6.72. The molecule has 0 aromatic heterocycles. The van der Waals surface area contributed by atoms with Gasteiger partial charge in [-0.25, -0.2) is 13.6 Å². The molecule has 1 unspecified atom stereocenters. The predicted octanol–water partition coefficient (Wildman–Crippen LogP) is 2.04. The molecule has 2 rings (SSSR count). The fourth-order valence-corrected chi connectivity index (χ4v) is 2.42. The Hall–Kier alpha value is -0.286. The van der Waals surface area contributed by atoms with Crippen LogP contribution in [0.15, 0.2) is 23.1 Å². The summed E-state index contributed by atoms with van der Waals surface area (Å²) in [6.45, 7) is 8.99. The number of fused-ring (bicyclic) bond motifs is 1. The normalized spacial score (nSPS) is 17.5. The molecule has 5 heteroatoms. The second-order valence-electron chi connectivity index (χ2n) is 3.64. The molecule has 1 atom stereocenters. The van der Waals surface area contributed by atoms with Gasteiger partial charge in [0, 0.05) is 0 Å². The summed E-state index contributed by atoms with van der Waals surface area (Å²) in [6.07, 6.45) is 1.89. The van der Waals surface area contributed by atoms with E-state index in [4.69, 9.17) is 5.14 Å². The van der Waals surface area contributed by atoms with Crippen molar-refractivity contribution >= 4 is 10.0 Å². The molecule has 0 aliphatic heterocycles. The third-order valence-electron chi connectivity index (χ3n) is 2.64. The summed E-state index contributed by atoms with van der Waals surface area (Å²) >= 11 is 0. The van der Waals surface area contributed by atoms with Crippen molar-refractivity contribution in [1.29, 1.82) is 0 Å². The minimum absolute atomic E-state index is 0. The first-order valence-electron chi connectivity index (χ1n) is 5.18. The summed E-state index contributed by atoms with van der Waals surface area (Å²) in [7, 11) is -3.56. The van der Waals surface area contributed by atoms with Crippen LogP contribution >= 0.6 is 0 Å². The minimum atomic E-state index is -3.56. The van der Waals surface area contributed by atoms with E-state index in [9.17, 15) is 8.42 Å². The van der Waals surface area contributed by atoms with Gasteiger partial charge in [-0.3, -0.25) is 0 Å². The Morgan fingerprint density at radius 3 is 2.47 bits per heavy atom. The molecular weight excluding hydrogens is 273 g/mol. The fourth-order valence-electron chi connectivity index (χ4n) is 1.86. The number of hydrogen-bond acceptors (Lipinski definition) is 2. The standard InChI is InChI=1S/C10H12NO2S.C2H5.V/c1-7-2-3-8-6-9(14(11,12)13)4-5-10(7)8;1-2;/h4-7H,1-3H2,(H2,11,12,13);1H2,2H3;/q2*-1;+2. The molecule has 3 nitrogen and oxygen atoms in total. The largest absolute Gasteiger partial charge is 2.00 e. The van der Waals surface area contributed by atoms with Crippen molar-refractivity contribution < 1.29 is 27.0 Å². The Bertz CT molecular complexity index is 471. The zero-order valence-electron chi connectivity index (χ0n) is 9.89. The van der Waals surface area contributed by atoms with Gasteiger partial charge in [0.25, 0.3) is 0 Å². The third-order valence-corrected chi connectivity index (χ3v) is 3.56. The van der Waals surface area contributed by atoms with Crippen molar-refractivity contribution in [3.8, 4) is 0 Å². The van der Waals surface area contributed by atoms with Crippen LogP contribution < -0.4 is 5.14 Å². The van der Waals surface area contributed by atoms with E-state index in [2.05, 4.69) is 13.8 Å². The molecule has 93 valence electrons. The van der Waals surface area contributed by atoms with Crippen molar-refractivity contribution in [2.75, 3.05) is 0 Å². The van der Waals surface area contributed by atoms with E-state index in [1.54, 1.807) is 19.1 Å². The molecule has 1 aromatic rings. The van der Waals surface area contributed by atoms with E-state index in [-0.39, 0.29) is 23.5 Å². The van der Waals surface area contributed by atoms with Crippen LogP contribution in [0.4, 0.5) is 0 Å². The van der Waals surface area contributed by atoms with E-state index in [0.29, 0.717) is 5.92 Å². The molecular formula is C12H17NO2SV. The van der Waals surface area contributed by atoms with E-state index in [1.807, 2.05) is 6.07 Å². The third kappa shape index (κ3) is 3.85. The van der Waals surface area contributed by atoms with Gasteiger partial charge in [-0.2, -0.15) is 6.92 Å². The van der Waals surface area contributed by atoms with E-state index >= 15 is 0 Å². The summed E-state index contributed by atoms with van der Waals surface area (Å²) in [5, 5.41) is 5.04. The summed E-state index contributed by atoms with van der Waals surface area (Å²) in [5.74, 6) is 0.291. The van der Waals surface area contributed by atoms with Crippen molar-refractivity contribution in [1.82, 2.24) is 0 Å². The first kappa shape index (κ1) is 16.7. The molecule has 1 aliphatic rings. The van der Waals surface area contributed by atoms with Gasteiger partial charge >= 0.3 is 18.6 Å². The molecule has 1 radical (unpaired) electrons. The topological polar surface area (TPSA) is 60.2 Å². The molecule has 0 bridgehead atoms. The molecule has 2 N–H and O–H groups in total. The Balaban J connectivity index is 0.000000811. The van der Waals surface area contributed by atoms with Crippen molar-refractivity contribution in [2.45, 2.75) is 30.6 Å². The minimum Gasteiger partial charge on any atom is -0.346 e. The molecule has 0 fully saturated rings. The summed E-state index contributed by atoms with van der Waals surface area (Å²) in [6, 6.07) is 5.03. The molecule has 0 amide bonds. The maximum absolute atomic E-state index is 11.1. The number of rotatable bonds is 1. The van der Waals surface area contributed by atoms with Crippen molar-refractivity contribution in [3.05, 3.63) is 43.2 Å². The summed E-state index contributed by atoms with van der Waals surface area (Å²) in [5.41, 5.74) is 2.22. The second kappa shape index (κ2) is 6.59. The fraction of sp³-hybridized carbons (Fsp3) is 0.333. The van der Waals surface area contributed by atoms with Crippen LogP contribution in [0.2, 0.25) is 0 Å². The first-order chi connectivity index (χ1) is 7.48. The number of nitrogens with two attached hydrogens (primary N) is 1. The van der Waals surface area contributed by atoms with Crippen LogP contribution in [0.3, 0.4) is 0 Å². The monoisotopic (exact) mass is 290 g/mol. The average Bonchev–Trinajstić information content (AvgIpc) is 2.62. The maximum Gasteiger partial charge on any atom is 2.00 e. The zero-order chi connectivity index (χ0) is 12.3. The van der Waals surface area contributed by atoms with Crippen LogP contribution in [0.1, 0.15) is 30.4 Å². The summed E-state index contributed by atoms with van der Waals surface area (Å²) in [4.78, 5) is 0.199. The van der Waals surface area contributed by atoms with Crippen molar-refractivity contribution in [2.24, 2.45) is 5.14 Å². The Kier molecular flexibility index (Phi) is 6.48. The van der Waals surface area contributed by atoms with Gasteiger partial charge in [0.1, 0.15) is 0 Å². The number of benzene rings is 1. The zero-order valence-corrected chi connectivity index (χ0v) is 12.1. The summed E-state index contributed by atoms with van der Waals surface area (Å²) < 4.78 is 22.2. The molecule has 0 saturated carbocycles. The number of sulfonamides is 1. The van der Waals surface area contributed by atoms with E-state index in [1.165, 1.54) is 0 Å². The average molecular weight is 290 g/mol. The Morgan fingerprint density at radius 2 is 1.94 bits per heavy atom. The SMILES string of the molecule is [CH2-]C.[CH2-]C1CCc2cc(S(N)(=O)=O)ccc21.[V+2]. The van der Waals surface area contributed by atoms with Crippen LogP contribution in [0.5, 0.6) is 0 Å². The molecule has 1 aromatic carbocycles. The molecule has 0 saturated heterocycles. The van der Waals surface area contributed by atoms with Gasteiger partial charge in [0.2, 0.25) is 10.0 Å².